The predicted molar refractivity (Wildman–Crippen MR) is 135 cm³/mol. The third-order valence-electron chi connectivity index (χ3n) is 4.92. The molecule has 0 radical (unpaired) electrons. The third kappa shape index (κ3) is 7.30. The van der Waals surface area contributed by atoms with Crippen molar-refractivity contribution in [1.29, 1.82) is 0 Å². The first kappa shape index (κ1) is 24.7. The number of hydrogen-bond acceptors (Lipinski definition) is 5. The van der Waals surface area contributed by atoms with E-state index in [0.717, 1.165) is 60.4 Å². The van der Waals surface area contributed by atoms with Gasteiger partial charge in [0.25, 0.3) is 0 Å². The molecule has 166 valence electrons. The van der Waals surface area contributed by atoms with Crippen LogP contribution in [0.2, 0.25) is 0 Å². The van der Waals surface area contributed by atoms with E-state index >= 15 is 0 Å². The standard InChI is InChI=1S/C22H32N4O2S.HI/c1-4-23-22(24-13-12-20-25-14-16(2)29-20)26-15-17-8-7-11-19(27-3)21(17)28-18-9-5-6-10-18;/h7-8,11,14,18H,4-6,9-10,12-13,15H2,1-3H3,(H2,23,24,26);1H. The van der Waals surface area contributed by atoms with Crippen molar-refractivity contribution >= 4 is 41.3 Å². The van der Waals surface area contributed by atoms with E-state index < -0.39 is 0 Å². The Hall–Kier alpha value is -1.55. The molecule has 2 N–H and O–H groups in total. The highest BCUT2D eigenvalue weighted by Crippen LogP contribution is 2.35. The largest absolute Gasteiger partial charge is 0.493 e. The van der Waals surface area contributed by atoms with Gasteiger partial charge in [0.15, 0.2) is 17.5 Å². The molecule has 0 saturated heterocycles. The maximum Gasteiger partial charge on any atom is 0.191 e. The van der Waals surface area contributed by atoms with Gasteiger partial charge in [0.2, 0.25) is 0 Å². The molecule has 1 fully saturated rings. The molecule has 8 heteroatoms. The maximum atomic E-state index is 6.32. The molecule has 0 spiro atoms. The van der Waals surface area contributed by atoms with Gasteiger partial charge in [-0.1, -0.05) is 12.1 Å². The lowest BCUT2D eigenvalue weighted by molar-refractivity contribution is 0.198. The first-order valence-corrected chi connectivity index (χ1v) is 11.3. The summed E-state index contributed by atoms with van der Waals surface area (Å²) >= 11 is 1.74. The number of aromatic nitrogens is 1. The van der Waals surface area contributed by atoms with Crippen LogP contribution in [0.1, 0.15) is 48.1 Å². The number of nitrogens with zero attached hydrogens (tertiary/aromatic N) is 2. The Morgan fingerprint density at radius 3 is 2.73 bits per heavy atom. The van der Waals surface area contributed by atoms with Crippen LogP contribution < -0.4 is 20.1 Å². The Labute approximate surface area is 200 Å². The summed E-state index contributed by atoms with van der Waals surface area (Å²) in [5.41, 5.74) is 1.05. The van der Waals surface area contributed by atoms with Crippen molar-refractivity contribution in [2.75, 3.05) is 20.2 Å². The fourth-order valence-corrected chi connectivity index (χ4v) is 4.25. The van der Waals surface area contributed by atoms with Crippen molar-refractivity contribution in [3.8, 4) is 11.5 Å². The molecular formula is C22H33IN4O2S. The number of para-hydroxylation sites is 1. The number of benzene rings is 1. The van der Waals surface area contributed by atoms with Gasteiger partial charge in [0.05, 0.1) is 24.8 Å². The number of guanidine groups is 1. The first-order valence-electron chi connectivity index (χ1n) is 10.5. The molecule has 2 aromatic rings. The number of aryl methyl sites for hydroxylation is 1. The summed E-state index contributed by atoms with van der Waals surface area (Å²) in [6.07, 6.45) is 7.79. The summed E-state index contributed by atoms with van der Waals surface area (Å²) in [4.78, 5) is 10.4. The summed E-state index contributed by atoms with van der Waals surface area (Å²) < 4.78 is 11.9. The Kier molecular flexibility index (Phi) is 10.7. The highest BCUT2D eigenvalue weighted by Gasteiger charge is 2.20. The highest BCUT2D eigenvalue weighted by atomic mass is 127. The molecule has 0 amide bonds. The molecule has 1 heterocycles. The first-order chi connectivity index (χ1) is 14.2. The van der Waals surface area contributed by atoms with Crippen LogP contribution in [0.5, 0.6) is 11.5 Å². The zero-order chi connectivity index (χ0) is 20.5. The number of ether oxygens (including phenoxy) is 2. The fraction of sp³-hybridized carbons (Fsp3) is 0.545. The van der Waals surface area contributed by atoms with Crippen LogP contribution in [0, 0.1) is 6.92 Å². The molecule has 1 aliphatic carbocycles. The molecule has 3 rings (SSSR count). The van der Waals surface area contributed by atoms with Crippen LogP contribution in [0.25, 0.3) is 0 Å². The number of methoxy groups -OCH3 is 1. The summed E-state index contributed by atoms with van der Waals surface area (Å²) in [5, 5.41) is 7.86. The summed E-state index contributed by atoms with van der Waals surface area (Å²) in [6.45, 7) is 6.29. The smallest absolute Gasteiger partial charge is 0.191 e. The highest BCUT2D eigenvalue weighted by molar-refractivity contribution is 14.0. The quantitative estimate of drug-likeness (QED) is 0.272. The molecular weight excluding hydrogens is 511 g/mol. The molecule has 1 aromatic heterocycles. The second kappa shape index (κ2) is 13.0. The second-order valence-electron chi connectivity index (χ2n) is 7.21. The SMILES string of the molecule is CCNC(=NCc1cccc(OC)c1OC1CCCC1)NCCc1ncc(C)s1.I. The van der Waals surface area contributed by atoms with E-state index in [0.29, 0.717) is 6.54 Å². The lowest BCUT2D eigenvalue weighted by atomic mass is 10.1. The molecule has 0 unspecified atom stereocenters. The minimum atomic E-state index is 0. The van der Waals surface area contributed by atoms with Gasteiger partial charge in [-0.25, -0.2) is 9.98 Å². The lowest BCUT2D eigenvalue weighted by Gasteiger charge is -2.19. The Morgan fingerprint density at radius 1 is 1.27 bits per heavy atom. The van der Waals surface area contributed by atoms with Crippen LogP contribution >= 0.6 is 35.3 Å². The van der Waals surface area contributed by atoms with Gasteiger partial charge >= 0.3 is 0 Å². The third-order valence-corrected chi connectivity index (χ3v) is 5.89. The molecule has 1 aromatic carbocycles. The van der Waals surface area contributed by atoms with Crippen LogP contribution in [0.3, 0.4) is 0 Å². The van der Waals surface area contributed by atoms with Gasteiger partial charge in [-0.3, -0.25) is 0 Å². The second-order valence-corrected chi connectivity index (χ2v) is 8.53. The van der Waals surface area contributed by atoms with Gasteiger partial charge in [-0.15, -0.1) is 35.3 Å². The van der Waals surface area contributed by atoms with Crippen LogP contribution in [-0.2, 0) is 13.0 Å². The average Bonchev–Trinajstić information content (AvgIpc) is 3.38. The van der Waals surface area contributed by atoms with E-state index in [1.54, 1.807) is 18.4 Å². The monoisotopic (exact) mass is 544 g/mol. The molecule has 1 saturated carbocycles. The number of halogens is 1. The van der Waals surface area contributed by atoms with E-state index in [4.69, 9.17) is 14.5 Å². The van der Waals surface area contributed by atoms with Crippen LogP contribution in [0.4, 0.5) is 0 Å². The van der Waals surface area contributed by atoms with Crippen molar-refractivity contribution < 1.29 is 9.47 Å². The molecule has 6 nitrogen and oxygen atoms in total. The average molecular weight is 545 g/mol. The summed E-state index contributed by atoms with van der Waals surface area (Å²) in [7, 11) is 1.69. The zero-order valence-corrected chi connectivity index (χ0v) is 21.2. The minimum Gasteiger partial charge on any atom is -0.493 e. The number of aliphatic imine (C=N–C) groups is 1. The van der Waals surface area contributed by atoms with Crippen molar-refractivity contribution in [1.82, 2.24) is 15.6 Å². The van der Waals surface area contributed by atoms with Crippen LogP contribution in [0.15, 0.2) is 29.4 Å². The van der Waals surface area contributed by atoms with Crippen molar-refractivity contribution in [3.05, 3.63) is 39.8 Å². The lowest BCUT2D eigenvalue weighted by Crippen LogP contribution is -2.38. The topological polar surface area (TPSA) is 67.8 Å². The van der Waals surface area contributed by atoms with Gasteiger partial charge < -0.3 is 20.1 Å². The van der Waals surface area contributed by atoms with Crippen molar-refractivity contribution in [3.63, 3.8) is 0 Å². The molecule has 0 aliphatic heterocycles. The van der Waals surface area contributed by atoms with Crippen LogP contribution in [-0.4, -0.2) is 37.2 Å². The number of hydrogen-bond donors (Lipinski definition) is 2. The number of thiazole rings is 1. The predicted octanol–water partition coefficient (Wildman–Crippen LogP) is 4.70. The Morgan fingerprint density at radius 2 is 2.07 bits per heavy atom. The maximum absolute atomic E-state index is 6.32. The van der Waals surface area contributed by atoms with Gasteiger partial charge in [-0.05, 0) is 45.6 Å². The number of rotatable bonds is 9. The van der Waals surface area contributed by atoms with E-state index in [1.165, 1.54) is 17.7 Å². The number of nitrogens with one attached hydrogen (secondary N) is 2. The molecule has 30 heavy (non-hydrogen) atoms. The summed E-state index contributed by atoms with van der Waals surface area (Å²) in [6, 6.07) is 6.02. The van der Waals surface area contributed by atoms with Gasteiger partial charge in [0.1, 0.15) is 0 Å². The molecule has 0 bridgehead atoms. The Bertz CT molecular complexity index is 806. The molecule has 0 atom stereocenters. The van der Waals surface area contributed by atoms with Gasteiger partial charge in [0, 0.05) is 36.1 Å². The van der Waals surface area contributed by atoms with E-state index in [2.05, 4.69) is 35.5 Å². The fourth-order valence-electron chi connectivity index (χ4n) is 3.46. The van der Waals surface area contributed by atoms with E-state index in [1.807, 2.05) is 18.3 Å². The van der Waals surface area contributed by atoms with E-state index in [9.17, 15) is 0 Å². The summed E-state index contributed by atoms with van der Waals surface area (Å²) in [5.74, 6) is 2.41. The van der Waals surface area contributed by atoms with Crippen molar-refractivity contribution in [2.45, 2.75) is 58.6 Å². The zero-order valence-electron chi connectivity index (χ0n) is 18.1. The Balaban J connectivity index is 0.00000320. The van der Waals surface area contributed by atoms with Crippen molar-refractivity contribution in [2.24, 2.45) is 4.99 Å². The molecule has 1 aliphatic rings. The normalized spacial score (nSPS) is 14.3. The van der Waals surface area contributed by atoms with Gasteiger partial charge in [-0.2, -0.15) is 0 Å². The minimum absolute atomic E-state index is 0. The van der Waals surface area contributed by atoms with E-state index in [-0.39, 0.29) is 30.1 Å².